The largest absolute Gasteiger partial charge is 0.364 e. The van der Waals surface area contributed by atoms with Gasteiger partial charge in [0.05, 0.1) is 0 Å². The summed E-state index contributed by atoms with van der Waals surface area (Å²) in [4.78, 5) is 0. The second kappa shape index (κ2) is 2.02. The fourth-order valence-electron chi connectivity index (χ4n) is 1.19. The first kappa shape index (κ1) is 6.02. The van der Waals surface area contributed by atoms with E-state index in [1.54, 1.807) is 0 Å². The van der Waals surface area contributed by atoms with E-state index >= 15 is 0 Å². The summed E-state index contributed by atoms with van der Waals surface area (Å²) in [6, 6.07) is 0. The summed E-state index contributed by atoms with van der Waals surface area (Å²) in [6.45, 7) is 2.07. The summed E-state index contributed by atoms with van der Waals surface area (Å²) in [5.74, 6) is 0.579. The fraction of sp³-hybridized carbons (Fsp3) is 1.00. The zero-order valence-corrected chi connectivity index (χ0v) is 4.97. The average Bonchev–Trinajstić information content (AvgIpc) is 1.57. The molecule has 8 heavy (non-hydrogen) atoms. The van der Waals surface area contributed by atoms with Crippen LogP contribution in [0.2, 0.25) is 0 Å². The topological polar surface area (TPSA) is 20.2 Å². The molecule has 0 aromatic carbocycles. The Morgan fingerprint density at radius 2 is 2.12 bits per heavy atom. The molecule has 1 N–H and O–H groups in total. The highest BCUT2D eigenvalue weighted by Crippen LogP contribution is 2.35. The van der Waals surface area contributed by atoms with E-state index in [-0.39, 0.29) is 5.92 Å². The molecule has 1 rings (SSSR count). The van der Waals surface area contributed by atoms with E-state index in [1.165, 1.54) is 0 Å². The number of halogens is 1. The highest BCUT2D eigenvalue weighted by molar-refractivity contribution is 4.77. The van der Waals surface area contributed by atoms with Crippen LogP contribution in [0.25, 0.3) is 0 Å². The molecule has 0 spiro atoms. The maximum absolute atomic E-state index is 11.9. The Morgan fingerprint density at radius 1 is 1.62 bits per heavy atom. The number of hydrogen-bond donors (Lipinski definition) is 1. The van der Waals surface area contributed by atoms with Crippen molar-refractivity contribution in [2.45, 2.75) is 26.1 Å². The van der Waals surface area contributed by atoms with Gasteiger partial charge >= 0.3 is 0 Å². The Morgan fingerprint density at radius 3 is 2.25 bits per heavy atom. The fourth-order valence-corrected chi connectivity index (χ4v) is 1.19. The van der Waals surface area contributed by atoms with Gasteiger partial charge in [-0.3, -0.25) is 0 Å². The van der Waals surface area contributed by atoms with Crippen LogP contribution in [0.4, 0.5) is 4.39 Å². The van der Waals surface area contributed by atoms with Crippen LogP contribution < -0.4 is 0 Å². The summed E-state index contributed by atoms with van der Waals surface area (Å²) < 4.78 is 11.9. The third kappa shape index (κ3) is 0.996. The lowest BCUT2D eigenvalue weighted by molar-refractivity contribution is -0.0578. The average molecular weight is 118 g/mol. The molecule has 0 bridgehead atoms. The van der Waals surface area contributed by atoms with Gasteiger partial charge in [0, 0.05) is 5.92 Å². The van der Waals surface area contributed by atoms with Crippen molar-refractivity contribution < 1.29 is 9.50 Å². The lowest BCUT2D eigenvalue weighted by Gasteiger charge is -2.32. The van der Waals surface area contributed by atoms with Gasteiger partial charge in [0.25, 0.3) is 0 Å². The molecular weight excluding hydrogens is 107 g/mol. The third-order valence-electron chi connectivity index (χ3n) is 1.80. The van der Waals surface area contributed by atoms with E-state index in [0.29, 0.717) is 5.92 Å². The standard InChI is InChI=1S/C6H11FO/c1-4-2-5(3-4)6(7)8/h4-6,8H,2-3H2,1H3/t4-,5+,6?. The quantitative estimate of drug-likeness (QED) is 0.550. The first-order valence-electron chi connectivity index (χ1n) is 3.02. The van der Waals surface area contributed by atoms with E-state index in [4.69, 9.17) is 5.11 Å². The van der Waals surface area contributed by atoms with Crippen molar-refractivity contribution in [2.24, 2.45) is 11.8 Å². The number of aliphatic hydroxyl groups is 1. The van der Waals surface area contributed by atoms with E-state index in [2.05, 4.69) is 6.92 Å². The molecule has 0 aliphatic heterocycles. The lowest BCUT2D eigenvalue weighted by atomic mass is 9.76. The SMILES string of the molecule is C[C@H]1C[C@@H](C(O)F)C1. The van der Waals surface area contributed by atoms with E-state index in [1.807, 2.05) is 0 Å². The minimum atomic E-state index is -1.56. The molecule has 0 aromatic heterocycles. The van der Waals surface area contributed by atoms with Crippen LogP contribution in [-0.4, -0.2) is 11.5 Å². The summed E-state index contributed by atoms with van der Waals surface area (Å²) in [7, 11) is 0. The minimum Gasteiger partial charge on any atom is -0.364 e. The molecule has 48 valence electrons. The van der Waals surface area contributed by atoms with E-state index < -0.39 is 6.36 Å². The van der Waals surface area contributed by atoms with Crippen LogP contribution in [0.5, 0.6) is 0 Å². The highest BCUT2D eigenvalue weighted by atomic mass is 19.1. The van der Waals surface area contributed by atoms with Crippen LogP contribution in [0, 0.1) is 11.8 Å². The molecule has 0 aromatic rings. The van der Waals surface area contributed by atoms with E-state index in [0.717, 1.165) is 12.8 Å². The second-order valence-corrected chi connectivity index (χ2v) is 2.71. The normalized spacial score (nSPS) is 40.9. The van der Waals surface area contributed by atoms with Gasteiger partial charge in [0.15, 0.2) is 6.36 Å². The summed E-state index contributed by atoms with van der Waals surface area (Å²) in [5.41, 5.74) is 0. The smallest absolute Gasteiger partial charge is 0.199 e. The molecule has 0 radical (unpaired) electrons. The van der Waals surface area contributed by atoms with Crippen LogP contribution in [-0.2, 0) is 0 Å². The van der Waals surface area contributed by atoms with Gasteiger partial charge in [-0.05, 0) is 18.8 Å². The van der Waals surface area contributed by atoms with Gasteiger partial charge < -0.3 is 5.11 Å². The Kier molecular flexibility index (Phi) is 1.52. The van der Waals surface area contributed by atoms with Crippen LogP contribution in [0.1, 0.15) is 19.8 Å². The molecule has 0 saturated heterocycles. The lowest BCUT2D eigenvalue weighted by Crippen LogP contribution is -2.29. The van der Waals surface area contributed by atoms with Crippen molar-refractivity contribution in [3.8, 4) is 0 Å². The molecule has 0 heterocycles. The third-order valence-corrected chi connectivity index (χ3v) is 1.80. The van der Waals surface area contributed by atoms with Crippen LogP contribution >= 0.6 is 0 Å². The minimum absolute atomic E-state index is 0.0509. The van der Waals surface area contributed by atoms with Crippen molar-refractivity contribution in [2.75, 3.05) is 0 Å². The first-order valence-corrected chi connectivity index (χ1v) is 3.02. The number of aliphatic hydroxyl groups excluding tert-OH is 1. The van der Waals surface area contributed by atoms with Gasteiger partial charge in [-0.2, -0.15) is 0 Å². The molecule has 2 heteroatoms. The molecular formula is C6H11FO. The number of alkyl halides is 1. The Hall–Kier alpha value is -0.110. The van der Waals surface area contributed by atoms with Gasteiger partial charge in [-0.25, -0.2) is 4.39 Å². The summed E-state index contributed by atoms with van der Waals surface area (Å²) >= 11 is 0. The highest BCUT2D eigenvalue weighted by Gasteiger charge is 2.30. The molecule has 0 amide bonds. The maximum atomic E-state index is 11.9. The molecule has 1 fully saturated rings. The summed E-state index contributed by atoms with van der Waals surface area (Å²) in [6.07, 6.45) is 0.154. The van der Waals surface area contributed by atoms with Crippen LogP contribution in [0.15, 0.2) is 0 Å². The van der Waals surface area contributed by atoms with Crippen molar-refractivity contribution in [3.05, 3.63) is 0 Å². The Balaban J connectivity index is 2.15. The molecule has 1 nitrogen and oxygen atoms in total. The van der Waals surface area contributed by atoms with Gasteiger partial charge in [-0.1, -0.05) is 6.92 Å². The monoisotopic (exact) mass is 118 g/mol. The first-order chi connectivity index (χ1) is 3.70. The van der Waals surface area contributed by atoms with Crippen molar-refractivity contribution >= 4 is 0 Å². The summed E-state index contributed by atoms with van der Waals surface area (Å²) in [5, 5.41) is 8.32. The van der Waals surface area contributed by atoms with Crippen molar-refractivity contribution in [1.82, 2.24) is 0 Å². The van der Waals surface area contributed by atoms with Gasteiger partial charge in [-0.15, -0.1) is 0 Å². The van der Waals surface area contributed by atoms with Crippen LogP contribution in [0.3, 0.4) is 0 Å². The zero-order valence-electron chi connectivity index (χ0n) is 4.97. The maximum Gasteiger partial charge on any atom is 0.199 e. The van der Waals surface area contributed by atoms with E-state index in [9.17, 15) is 4.39 Å². The molecule has 1 aliphatic rings. The Labute approximate surface area is 48.5 Å². The number of rotatable bonds is 1. The predicted octanol–water partition coefficient (Wildman–Crippen LogP) is 1.32. The van der Waals surface area contributed by atoms with Gasteiger partial charge in [0.2, 0.25) is 0 Å². The number of hydrogen-bond acceptors (Lipinski definition) is 1. The second-order valence-electron chi connectivity index (χ2n) is 2.71. The molecule has 1 atom stereocenters. The molecule has 1 aliphatic carbocycles. The van der Waals surface area contributed by atoms with Crippen molar-refractivity contribution in [1.29, 1.82) is 0 Å². The Bertz CT molecular complexity index is 76.6. The zero-order chi connectivity index (χ0) is 6.15. The van der Waals surface area contributed by atoms with Gasteiger partial charge in [0.1, 0.15) is 0 Å². The van der Waals surface area contributed by atoms with Crippen molar-refractivity contribution in [3.63, 3.8) is 0 Å². The predicted molar refractivity (Wildman–Crippen MR) is 29.0 cm³/mol. The molecule has 1 unspecified atom stereocenters. The molecule has 1 saturated carbocycles.